The average molecular weight is 401 g/mol. The zero-order valence-electron chi connectivity index (χ0n) is 15.2. The molecule has 0 fully saturated rings. The minimum Gasteiger partial charge on any atom is -0.462 e. The molecule has 1 aromatic heterocycles. The van der Waals surface area contributed by atoms with Gasteiger partial charge in [-0.3, -0.25) is 4.79 Å². The molecule has 1 heterocycles. The van der Waals surface area contributed by atoms with E-state index in [2.05, 4.69) is 17.2 Å². The van der Waals surface area contributed by atoms with Gasteiger partial charge in [0.2, 0.25) is 5.91 Å². The molecule has 3 rings (SSSR count). The van der Waals surface area contributed by atoms with Gasteiger partial charge in [-0.15, -0.1) is 11.8 Å². The summed E-state index contributed by atoms with van der Waals surface area (Å²) in [6, 6.07) is 13.2. The largest absolute Gasteiger partial charge is 0.462 e. The molecule has 1 N–H and O–H groups in total. The molecule has 0 bridgehead atoms. The molecular formula is C20H20N2O3S2. The van der Waals surface area contributed by atoms with Crippen molar-refractivity contribution in [2.75, 3.05) is 17.7 Å². The maximum atomic E-state index is 12.3. The summed E-state index contributed by atoms with van der Waals surface area (Å²) in [5.74, 6) is 0.550. The molecule has 7 heteroatoms. The van der Waals surface area contributed by atoms with Crippen LogP contribution in [0.5, 0.6) is 0 Å². The van der Waals surface area contributed by atoms with Gasteiger partial charge in [-0.25, -0.2) is 9.78 Å². The van der Waals surface area contributed by atoms with Crippen LogP contribution >= 0.6 is 23.1 Å². The van der Waals surface area contributed by atoms with Gasteiger partial charge in [-0.05, 0) is 48.6 Å². The number of rotatable bonds is 7. The van der Waals surface area contributed by atoms with Crippen LogP contribution in [-0.4, -0.2) is 29.2 Å². The summed E-state index contributed by atoms with van der Waals surface area (Å²) >= 11 is 3.11. The lowest BCUT2D eigenvalue weighted by atomic mass is 10.1. The highest BCUT2D eigenvalue weighted by molar-refractivity contribution is 7.99. The minimum atomic E-state index is -0.358. The van der Waals surface area contributed by atoms with Crippen LogP contribution in [0.4, 0.5) is 5.13 Å². The Morgan fingerprint density at radius 3 is 2.63 bits per heavy atom. The van der Waals surface area contributed by atoms with Crippen LogP contribution in [0.3, 0.4) is 0 Å². The Hall–Kier alpha value is -2.38. The number of amides is 1. The fourth-order valence-electron chi connectivity index (χ4n) is 2.54. The molecule has 2 aromatic carbocycles. The minimum absolute atomic E-state index is 0.115. The van der Waals surface area contributed by atoms with Gasteiger partial charge in [0.15, 0.2) is 5.13 Å². The second kappa shape index (κ2) is 9.01. The summed E-state index contributed by atoms with van der Waals surface area (Å²) < 4.78 is 5.84. The summed E-state index contributed by atoms with van der Waals surface area (Å²) in [4.78, 5) is 29.7. The van der Waals surface area contributed by atoms with E-state index in [1.165, 1.54) is 16.2 Å². The molecule has 140 valence electrons. The summed E-state index contributed by atoms with van der Waals surface area (Å²) in [5.41, 5.74) is 2.18. The number of aromatic nitrogens is 1. The summed E-state index contributed by atoms with van der Waals surface area (Å²) in [6.45, 7) is 4.21. The van der Waals surface area contributed by atoms with Crippen LogP contribution in [0, 0.1) is 0 Å². The smallest absolute Gasteiger partial charge is 0.338 e. The second-order valence-corrected chi connectivity index (χ2v) is 8.09. The number of thiazole rings is 1. The molecule has 0 aliphatic carbocycles. The topological polar surface area (TPSA) is 68.3 Å². The number of benzene rings is 2. The maximum Gasteiger partial charge on any atom is 0.338 e. The number of nitrogens with zero attached hydrogens (tertiary/aromatic N) is 1. The monoisotopic (exact) mass is 400 g/mol. The van der Waals surface area contributed by atoms with Crippen molar-refractivity contribution in [2.45, 2.75) is 25.2 Å². The molecular weight excluding hydrogens is 380 g/mol. The van der Waals surface area contributed by atoms with Crippen molar-refractivity contribution >= 4 is 50.3 Å². The number of fused-ring (bicyclic) bond motifs is 1. The molecule has 0 atom stereocenters. The highest BCUT2D eigenvalue weighted by Gasteiger charge is 2.12. The highest BCUT2D eigenvalue weighted by Crippen LogP contribution is 2.27. The molecule has 3 aromatic rings. The number of carbonyl (C=O) groups excluding carboxylic acids is 2. The highest BCUT2D eigenvalue weighted by atomic mass is 32.2. The Labute approximate surface area is 166 Å². The average Bonchev–Trinajstić information content (AvgIpc) is 3.05. The molecule has 0 aliphatic heterocycles. The molecule has 0 radical (unpaired) electrons. The number of carbonyl (C=O) groups is 2. The third-order valence-electron chi connectivity index (χ3n) is 3.74. The molecule has 27 heavy (non-hydrogen) atoms. The predicted molar refractivity (Wildman–Crippen MR) is 111 cm³/mol. The van der Waals surface area contributed by atoms with E-state index in [0.29, 0.717) is 23.7 Å². The molecule has 5 nitrogen and oxygen atoms in total. The van der Waals surface area contributed by atoms with Crippen LogP contribution in [0.1, 0.15) is 29.8 Å². The van der Waals surface area contributed by atoms with Gasteiger partial charge in [-0.1, -0.05) is 30.4 Å². The van der Waals surface area contributed by atoms with Gasteiger partial charge >= 0.3 is 5.97 Å². The van der Waals surface area contributed by atoms with E-state index in [1.54, 1.807) is 36.9 Å². The lowest BCUT2D eigenvalue weighted by Gasteiger charge is -2.03. The lowest BCUT2D eigenvalue weighted by molar-refractivity contribution is -0.115. The fraction of sp³-hybridized carbons (Fsp3) is 0.250. The van der Waals surface area contributed by atoms with Gasteiger partial charge in [0.1, 0.15) is 0 Å². The van der Waals surface area contributed by atoms with Crippen LogP contribution in [0.25, 0.3) is 10.2 Å². The molecule has 1 amide bonds. The first-order chi connectivity index (χ1) is 13.1. The van der Waals surface area contributed by atoms with Gasteiger partial charge in [0.25, 0.3) is 0 Å². The number of anilines is 1. The summed E-state index contributed by atoms with van der Waals surface area (Å²) in [6.07, 6.45) is 0.293. The van der Waals surface area contributed by atoms with Crippen molar-refractivity contribution in [2.24, 2.45) is 0 Å². The molecule has 0 unspecified atom stereocenters. The zero-order valence-corrected chi connectivity index (χ0v) is 16.8. The van der Waals surface area contributed by atoms with E-state index < -0.39 is 0 Å². The zero-order chi connectivity index (χ0) is 19.2. The number of ether oxygens (including phenoxy) is 1. The maximum absolute atomic E-state index is 12.3. The van der Waals surface area contributed by atoms with E-state index in [-0.39, 0.29) is 11.9 Å². The van der Waals surface area contributed by atoms with Gasteiger partial charge < -0.3 is 10.1 Å². The number of hydrogen-bond donors (Lipinski definition) is 1. The Bertz CT molecular complexity index is 952. The van der Waals surface area contributed by atoms with Gasteiger partial charge in [-0.2, -0.15) is 0 Å². The van der Waals surface area contributed by atoms with Crippen LogP contribution in [-0.2, 0) is 16.0 Å². The second-order valence-electron chi connectivity index (χ2n) is 5.72. The number of thioether (sulfide) groups is 1. The van der Waals surface area contributed by atoms with Crippen molar-refractivity contribution in [3.8, 4) is 0 Å². The Morgan fingerprint density at radius 1 is 1.15 bits per heavy atom. The first kappa shape index (κ1) is 19.4. The molecule has 0 saturated heterocycles. The number of esters is 1. The van der Waals surface area contributed by atoms with Crippen LogP contribution < -0.4 is 5.32 Å². The van der Waals surface area contributed by atoms with E-state index in [0.717, 1.165) is 21.5 Å². The number of hydrogen-bond acceptors (Lipinski definition) is 6. The van der Waals surface area contributed by atoms with Crippen molar-refractivity contribution in [3.05, 3.63) is 53.6 Å². The van der Waals surface area contributed by atoms with Gasteiger partial charge in [0.05, 0.1) is 28.8 Å². The molecule has 0 spiro atoms. The quantitative estimate of drug-likeness (QED) is 0.457. The van der Waals surface area contributed by atoms with Gasteiger partial charge in [0, 0.05) is 4.90 Å². The SMILES string of the molecule is CCOC(=O)c1ccc2nc(NC(=O)Cc3ccc(SCC)cc3)sc2c1. The van der Waals surface area contributed by atoms with Crippen molar-refractivity contribution in [1.29, 1.82) is 0 Å². The summed E-state index contributed by atoms with van der Waals surface area (Å²) in [5, 5.41) is 3.36. The first-order valence-corrected chi connectivity index (χ1v) is 10.5. The normalized spacial score (nSPS) is 10.7. The Morgan fingerprint density at radius 2 is 1.93 bits per heavy atom. The van der Waals surface area contributed by atoms with E-state index in [4.69, 9.17) is 4.74 Å². The molecule has 0 aliphatic rings. The van der Waals surface area contributed by atoms with Crippen molar-refractivity contribution in [1.82, 2.24) is 4.98 Å². The van der Waals surface area contributed by atoms with E-state index in [1.807, 2.05) is 24.3 Å². The standard InChI is InChI=1S/C20H20N2O3S2/c1-3-25-19(24)14-7-10-16-17(12-14)27-20(21-16)22-18(23)11-13-5-8-15(9-6-13)26-4-2/h5-10,12H,3-4,11H2,1-2H3,(H,21,22,23). The lowest BCUT2D eigenvalue weighted by Crippen LogP contribution is -2.14. The third kappa shape index (κ3) is 5.08. The third-order valence-corrected chi connectivity index (χ3v) is 5.57. The number of nitrogens with one attached hydrogen (secondary N) is 1. The van der Waals surface area contributed by atoms with Crippen molar-refractivity contribution < 1.29 is 14.3 Å². The molecule has 0 saturated carbocycles. The Kier molecular flexibility index (Phi) is 6.47. The van der Waals surface area contributed by atoms with Crippen molar-refractivity contribution in [3.63, 3.8) is 0 Å². The summed E-state index contributed by atoms with van der Waals surface area (Å²) in [7, 11) is 0. The fourth-order valence-corrected chi connectivity index (χ4v) is 4.12. The van der Waals surface area contributed by atoms with Crippen LogP contribution in [0.2, 0.25) is 0 Å². The predicted octanol–water partition coefficient (Wildman–Crippen LogP) is 4.77. The van der Waals surface area contributed by atoms with E-state index >= 15 is 0 Å². The van der Waals surface area contributed by atoms with E-state index in [9.17, 15) is 9.59 Å². The Balaban J connectivity index is 1.66. The first-order valence-electron chi connectivity index (χ1n) is 8.68. The van der Waals surface area contributed by atoms with Crippen LogP contribution in [0.15, 0.2) is 47.4 Å².